The minimum Gasteiger partial charge on any atom is -0.487 e. The van der Waals surface area contributed by atoms with Crippen LogP contribution in [0.2, 0.25) is 10.0 Å². The van der Waals surface area contributed by atoms with Crippen LogP contribution in [0.1, 0.15) is 27.2 Å². The first-order valence-electron chi connectivity index (χ1n) is 14.8. The maximum absolute atomic E-state index is 13.0. The number of carbonyl (C=O) groups excluding carboxylic acids is 4. The van der Waals surface area contributed by atoms with Crippen molar-refractivity contribution in [3.63, 3.8) is 0 Å². The number of aryl methyl sites for hydroxylation is 1. The van der Waals surface area contributed by atoms with Gasteiger partial charge in [0.1, 0.15) is 23.6 Å². The molecular formula is C35H36Cl3N5O6. The van der Waals surface area contributed by atoms with Gasteiger partial charge in [-0.1, -0.05) is 41.4 Å². The number of ether oxygens (including phenoxy) is 2. The number of rotatable bonds is 12. The molecule has 1 heterocycles. The van der Waals surface area contributed by atoms with Crippen LogP contribution in [0.5, 0.6) is 11.5 Å². The molecule has 4 aromatic rings. The maximum Gasteiger partial charge on any atom is 0.259 e. The third-order valence-electron chi connectivity index (χ3n) is 7.26. The van der Waals surface area contributed by atoms with Crippen molar-refractivity contribution in [2.24, 2.45) is 0 Å². The number of aromatic nitrogens is 1. The Morgan fingerprint density at radius 1 is 0.918 bits per heavy atom. The zero-order valence-electron chi connectivity index (χ0n) is 27.5. The summed E-state index contributed by atoms with van der Waals surface area (Å²) in [5, 5.41) is 6.32. The number of nitrogens with one attached hydrogen (secondary N) is 2. The van der Waals surface area contributed by atoms with Gasteiger partial charge in [-0.2, -0.15) is 0 Å². The van der Waals surface area contributed by atoms with E-state index in [0.29, 0.717) is 55.5 Å². The van der Waals surface area contributed by atoms with E-state index in [2.05, 4.69) is 15.6 Å². The molecule has 0 aliphatic rings. The van der Waals surface area contributed by atoms with Crippen molar-refractivity contribution in [2.75, 3.05) is 46.2 Å². The van der Waals surface area contributed by atoms with E-state index in [9.17, 15) is 19.2 Å². The monoisotopic (exact) mass is 727 g/mol. The second-order valence-corrected chi connectivity index (χ2v) is 11.6. The molecule has 0 atom stereocenters. The van der Waals surface area contributed by atoms with Crippen LogP contribution >= 0.6 is 35.6 Å². The van der Waals surface area contributed by atoms with Gasteiger partial charge >= 0.3 is 0 Å². The molecule has 3 aromatic carbocycles. The lowest BCUT2D eigenvalue weighted by molar-refractivity contribution is -0.130. The SMILES string of the molecule is CNC(=O)c1ccc(/C=C/C(=O)NCC(=O)N(C)c2ccc(Cl)c(COc3cccc4c(OCC(=O)N(C)C)cc(C)nc34)c2Cl)cc1.Cl. The third-order valence-corrected chi connectivity index (χ3v) is 8.03. The molecule has 0 fully saturated rings. The quantitative estimate of drug-likeness (QED) is 0.185. The fraction of sp³-hybridized carbons (Fsp3) is 0.229. The van der Waals surface area contributed by atoms with Crippen molar-refractivity contribution in [3.8, 4) is 11.5 Å². The zero-order chi connectivity index (χ0) is 35.0. The standard InChI is InChI=1S/C35H35Cl2N5O6.ClH/c1-21-17-29(48-20-32(45)41(3)4)24-7-6-8-28(34(24)40-21)47-19-25-26(36)14-15-27(33(25)37)42(5)31(44)18-39-30(43)16-11-22-9-12-23(13-10-22)35(46)38-2;/h6-17H,18-20H2,1-5H3,(H,38,46)(H,39,43);1H/b16-11+;. The summed E-state index contributed by atoms with van der Waals surface area (Å²) in [7, 11) is 6.40. The summed E-state index contributed by atoms with van der Waals surface area (Å²) in [6.07, 6.45) is 2.88. The van der Waals surface area contributed by atoms with Crippen molar-refractivity contribution in [1.82, 2.24) is 20.5 Å². The number of likely N-dealkylation sites (N-methyl/N-ethyl adjacent to an activating group) is 2. The van der Waals surface area contributed by atoms with E-state index in [-0.39, 0.29) is 49.0 Å². The summed E-state index contributed by atoms with van der Waals surface area (Å²) in [6, 6.07) is 17.0. The number of anilines is 1. The first-order chi connectivity index (χ1) is 22.9. The average Bonchev–Trinajstić information content (AvgIpc) is 3.07. The van der Waals surface area contributed by atoms with Crippen LogP contribution in [0, 0.1) is 6.92 Å². The summed E-state index contributed by atoms with van der Waals surface area (Å²) in [5.74, 6) is -0.341. The molecule has 0 saturated heterocycles. The summed E-state index contributed by atoms with van der Waals surface area (Å²) >= 11 is 13.3. The number of benzene rings is 3. The van der Waals surface area contributed by atoms with Gasteiger partial charge in [-0.15, -0.1) is 12.4 Å². The minimum absolute atomic E-state index is 0. The molecule has 11 nitrogen and oxygen atoms in total. The predicted octanol–water partition coefficient (Wildman–Crippen LogP) is 5.47. The molecule has 14 heteroatoms. The average molecular weight is 729 g/mol. The second kappa shape index (κ2) is 17.5. The van der Waals surface area contributed by atoms with Gasteiger partial charge in [0, 0.05) is 67.6 Å². The van der Waals surface area contributed by atoms with Crippen LogP contribution < -0.4 is 25.0 Å². The molecule has 258 valence electrons. The highest BCUT2D eigenvalue weighted by Crippen LogP contribution is 2.36. The predicted molar refractivity (Wildman–Crippen MR) is 194 cm³/mol. The smallest absolute Gasteiger partial charge is 0.259 e. The van der Waals surface area contributed by atoms with Crippen molar-refractivity contribution in [3.05, 3.63) is 99.2 Å². The summed E-state index contributed by atoms with van der Waals surface area (Å²) < 4.78 is 12.0. The van der Waals surface area contributed by atoms with Gasteiger partial charge in [-0.25, -0.2) is 4.98 Å². The third kappa shape index (κ3) is 9.85. The number of hydrogen-bond acceptors (Lipinski definition) is 7. The molecule has 4 amide bonds. The molecule has 0 unspecified atom stereocenters. The largest absolute Gasteiger partial charge is 0.487 e. The van der Waals surface area contributed by atoms with Crippen molar-refractivity contribution >= 4 is 81.9 Å². The lowest BCUT2D eigenvalue weighted by Gasteiger charge is -2.21. The zero-order valence-corrected chi connectivity index (χ0v) is 29.8. The van der Waals surface area contributed by atoms with Gasteiger partial charge < -0.3 is 29.9 Å². The Hall–Kier alpha value is -4.84. The number of carbonyl (C=O) groups is 4. The Balaban J connectivity index is 0.00000650. The molecule has 49 heavy (non-hydrogen) atoms. The van der Waals surface area contributed by atoms with Gasteiger partial charge in [0.15, 0.2) is 6.61 Å². The first-order valence-corrected chi connectivity index (χ1v) is 15.5. The van der Waals surface area contributed by atoms with Gasteiger partial charge in [-0.05, 0) is 55.0 Å². The minimum atomic E-state index is -0.472. The molecule has 0 radical (unpaired) electrons. The van der Waals surface area contributed by atoms with Crippen LogP contribution in [-0.2, 0) is 21.0 Å². The molecule has 0 saturated carbocycles. The number of nitrogens with zero attached hydrogens (tertiary/aromatic N) is 3. The molecule has 1 aromatic heterocycles. The number of halogens is 3. The van der Waals surface area contributed by atoms with Crippen molar-refractivity contribution in [1.29, 1.82) is 0 Å². The molecule has 4 rings (SSSR count). The fourth-order valence-electron chi connectivity index (χ4n) is 4.48. The van der Waals surface area contributed by atoms with Crippen LogP contribution in [0.25, 0.3) is 17.0 Å². The molecule has 0 bridgehead atoms. The number of hydrogen-bond donors (Lipinski definition) is 2. The molecule has 2 N–H and O–H groups in total. The molecule has 0 spiro atoms. The summed E-state index contributed by atoms with van der Waals surface area (Å²) in [5.41, 5.74) is 3.23. The van der Waals surface area contributed by atoms with Crippen LogP contribution in [-0.4, -0.2) is 74.9 Å². The maximum atomic E-state index is 13.0. The number of fused-ring (bicyclic) bond motifs is 1. The van der Waals surface area contributed by atoms with E-state index in [4.69, 9.17) is 32.7 Å². The van der Waals surface area contributed by atoms with Gasteiger partial charge in [0.05, 0.1) is 17.3 Å². The normalized spacial score (nSPS) is 10.7. The van der Waals surface area contributed by atoms with E-state index in [1.165, 1.54) is 22.9 Å². The fourth-order valence-corrected chi connectivity index (χ4v) is 5.09. The molecular weight excluding hydrogens is 693 g/mol. The topological polar surface area (TPSA) is 130 Å². The highest BCUT2D eigenvalue weighted by molar-refractivity contribution is 6.38. The van der Waals surface area contributed by atoms with Crippen LogP contribution in [0.15, 0.2) is 66.7 Å². The van der Waals surface area contributed by atoms with Crippen molar-refractivity contribution in [2.45, 2.75) is 13.5 Å². The summed E-state index contributed by atoms with van der Waals surface area (Å²) in [6.45, 7) is 1.36. The molecule has 0 aliphatic carbocycles. The lowest BCUT2D eigenvalue weighted by atomic mass is 10.1. The second-order valence-electron chi connectivity index (χ2n) is 10.8. The van der Waals surface area contributed by atoms with E-state index in [1.54, 1.807) is 81.8 Å². The summed E-state index contributed by atoms with van der Waals surface area (Å²) in [4.78, 5) is 56.6. The number of pyridine rings is 1. The van der Waals surface area contributed by atoms with E-state index in [1.807, 2.05) is 13.0 Å². The molecule has 0 aliphatic heterocycles. The van der Waals surface area contributed by atoms with Crippen molar-refractivity contribution < 1.29 is 28.7 Å². The van der Waals surface area contributed by atoms with Crippen LogP contribution in [0.3, 0.4) is 0 Å². The lowest BCUT2D eigenvalue weighted by Crippen LogP contribution is -2.37. The van der Waals surface area contributed by atoms with Gasteiger partial charge in [0.2, 0.25) is 11.8 Å². The van der Waals surface area contributed by atoms with Gasteiger partial charge in [-0.3, -0.25) is 19.2 Å². The first kappa shape index (κ1) is 38.6. The van der Waals surface area contributed by atoms with Gasteiger partial charge in [0.25, 0.3) is 11.8 Å². The highest BCUT2D eigenvalue weighted by atomic mass is 35.5. The Bertz CT molecular complexity index is 1880. The number of amides is 4. The Morgan fingerprint density at radius 2 is 1.63 bits per heavy atom. The van der Waals surface area contributed by atoms with E-state index >= 15 is 0 Å². The van der Waals surface area contributed by atoms with E-state index < -0.39 is 11.8 Å². The number of para-hydroxylation sites is 1. The van der Waals surface area contributed by atoms with Crippen LogP contribution in [0.4, 0.5) is 5.69 Å². The Labute approximate surface area is 300 Å². The van der Waals surface area contributed by atoms with E-state index in [0.717, 1.165) is 0 Å². The Morgan fingerprint density at radius 3 is 2.31 bits per heavy atom. The highest BCUT2D eigenvalue weighted by Gasteiger charge is 2.20. The Kier molecular flexibility index (Phi) is 13.8.